The molecule has 0 N–H and O–H groups in total. The van der Waals surface area contributed by atoms with E-state index in [1.807, 2.05) is 36.4 Å². The van der Waals surface area contributed by atoms with E-state index in [-0.39, 0.29) is 30.3 Å². The first kappa shape index (κ1) is 25.9. The molecule has 0 aliphatic rings. The van der Waals surface area contributed by atoms with Gasteiger partial charge in [-0.2, -0.15) is 4.31 Å². The van der Waals surface area contributed by atoms with Crippen molar-refractivity contribution in [1.29, 1.82) is 0 Å². The summed E-state index contributed by atoms with van der Waals surface area (Å²) < 4.78 is 32.3. The Morgan fingerprint density at radius 2 is 1.54 bits per heavy atom. The van der Waals surface area contributed by atoms with Crippen molar-refractivity contribution in [1.82, 2.24) is 4.31 Å². The average molecular weight is 498 g/mol. The van der Waals surface area contributed by atoms with E-state index in [0.29, 0.717) is 5.69 Å². The van der Waals surface area contributed by atoms with Crippen molar-refractivity contribution in [3.05, 3.63) is 94.5 Å². The van der Waals surface area contributed by atoms with E-state index in [4.69, 9.17) is 4.74 Å². The van der Waals surface area contributed by atoms with Crippen LogP contribution in [0.5, 0.6) is 5.75 Å². The molecule has 0 unspecified atom stereocenters. The van der Waals surface area contributed by atoms with E-state index in [1.54, 1.807) is 38.1 Å². The lowest BCUT2D eigenvalue weighted by atomic mass is 10.2. The number of nitro groups is 1. The Balaban J connectivity index is 1.85. The number of sulfonamides is 1. The third-order valence-electron chi connectivity index (χ3n) is 5.37. The molecular weight excluding hydrogens is 470 g/mol. The molecular formula is C25H27N3O6S. The second kappa shape index (κ2) is 11.6. The van der Waals surface area contributed by atoms with Crippen LogP contribution in [0.25, 0.3) is 0 Å². The summed E-state index contributed by atoms with van der Waals surface area (Å²) in [5.74, 6) is -0.594. The minimum absolute atomic E-state index is 0.186. The number of ether oxygens (including phenoxy) is 1. The normalized spacial score (nSPS) is 11.3. The van der Waals surface area contributed by atoms with Gasteiger partial charge >= 0.3 is 5.69 Å². The Morgan fingerprint density at radius 1 is 0.943 bits per heavy atom. The molecule has 9 nitrogen and oxygen atoms in total. The molecule has 0 radical (unpaired) electrons. The quantitative estimate of drug-likeness (QED) is 0.290. The molecule has 3 aromatic rings. The minimum atomic E-state index is -3.89. The summed E-state index contributed by atoms with van der Waals surface area (Å²) in [6.45, 7) is 3.66. The summed E-state index contributed by atoms with van der Waals surface area (Å²) in [5, 5.41) is 11.7. The predicted octanol–water partition coefficient (Wildman–Crippen LogP) is 4.24. The third-order valence-corrected chi connectivity index (χ3v) is 7.42. The maximum atomic E-state index is 13.1. The number of nitro benzene ring substituents is 1. The van der Waals surface area contributed by atoms with Crippen molar-refractivity contribution in [2.75, 3.05) is 24.6 Å². The van der Waals surface area contributed by atoms with Gasteiger partial charge in [0.15, 0.2) is 12.4 Å². The Bertz CT molecular complexity index is 1260. The average Bonchev–Trinajstić information content (AvgIpc) is 2.87. The number of rotatable bonds is 11. The van der Waals surface area contributed by atoms with Crippen molar-refractivity contribution in [3.8, 4) is 5.75 Å². The number of para-hydroxylation sites is 1. The molecule has 35 heavy (non-hydrogen) atoms. The lowest BCUT2D eigenvalue weighted by Crippen LogP contribution is -2.34. The molecule has 3 rings (SSSR count). The maximum Gasteiger partial charge on any atom is 0.312 e. The standard InChI is InChI=1S/C25H27N3O6S/c1-3-26(4-2)35(32,33)22-15-16-24(23(17-22)28(30)31)34-19-25(29)27(21-13-9-6-10-14-21)18-20-11-7-5-8-12-20/h5-17H,3-4,18-19H2,1-2H3. The summed E-state index contributed by atoms with van der Waals surface area (Å²) in [6.07, 6.45) is 0. The van der Waals surface area contributed by atoms with Crippen LogP contribution in [0.3, 0.4) is 0 Å². The van der Waals surface area contributed by atoms with Gasteiger partial charge in [-0.15, -0.1) is 0 Å². The molecule has 3 aromatic carbocycles. The number of carbonyl (C=O) groups excluding carboxylic acids is 1. The molecule has 0 bridgehead atoms. The van der Waals surface area contributed by atoms with Crippen LogP contribution >= 0.6 is 0 Å². The lowest BCUT2D eigenvalue weighted by molar-refractivity contribution is -0.386. The first-order valence-electron chi connectivity index (χ1n) is 11.1. The molecule has 0 heterocycles. The number of hydrogen-bond acceptors (Lipinski definition) is 6. The number of nitrogens with zero attached hydrogens (tertiary/aromatic N) is 3. The van der Waals surface area contributed by atoms with E-state index in [9.17, 15) is 23.3 Å². The summed E-state index contributed by atoms with van der Waals surface area (Å²) in [6, 6.07) is 21.9. The molecule has 10 heteroatoms. The van der Waals surface area contributed by atoms with Crippen molar-refractivity contribution >= 4 is 27.3 Å². The van der Waals surface area contributed by atoms with E-state index >= 15 is 0 Å². The van der Waals surface area contributed by atoms with Crippen LogP contribution < -0.4 is 9.64 Å². The third kappa shape index (κ3) is 6.23. The van der Waals surface area contributed by atoms with Crippen LogP contribution in [0.2, 0.25) is 0 Å². The highest BCUT2D eigenvalue weighted by Gasteiger charge is 2.27. The van der Waals surface area contributed by atoms with Gasteiger partial charge in [-0.1, -0.05) is 62.4 Å². The van der Waals surface area contributed by atoms with Crippen molar-refractivity contribution in [3.63, 3.8) is 0 Å². The summed E-state index contributed by atoms with van der Waals surface area (Å²) in [7, 11) is -3.89. The molecule has 0 aliphatic carbocycles. The zero-order valence-electron chi connectivity index (χ0n) is 19.5. The van der Waals surface area contributed by atoms with Gasteiger partial charge in [0.1, 0.15) is 0 Å². The Kier molecular flexibility index (Phi) is 8.56. The Hall–Kier alpha value is -3.76. The highest BCUT2D eigenvalue weighted by atomic mass is 32.2. The summed E-state index contributed by atoms with van der Waals surface area (Å²) >= 11 is 0. The molecule has 0 aromatic heterocycles. The van der Waals surface area contributed by atoms with Crippen LogP contribution in [0.4, 0.5) is 11.4 Å². The molecule has 0 saturated heterocycles. The highest BCUT2D eigenvalue weighted by molar-refractivity contribution is 7.89. The largest absolute Gasteiger partial charge is 0.477 e. The smallest absolute Gasteiger partial charge is 0.312 e. The summed E-state index contributed by atoms with van der Waals surface area (Å²) in [5.41, 5.74) is 1.03. The Labute approximate surface area is 204 Å². The zero-order chi connectivity index (χ0) is 25.4. The van der Waals surface area contributed by atoms with Crippen LogP contribution in [0.1, 0.15) is 19.4 Å². The number of amides is 1. The van der Waals surface area contributed by atoms with Gasteiger partial charge in [0, 0.05) is 24.8 Å². The zero-order valence-corrected chi connectivity index (χ0v) is 20.3. The van der Waals surface area contributed by atoms with E-state index in [1.165, 1.54) is 21.3 Å². The fourth-order valence-electron chi connectivity index (χ4n) is 3.55. The highest BCUT2D eigenvalue weighted by Crippen LogP contribution is 2.31. The molecule has 0 fully saturated rings. The number of hydrogen-bond donors (Lipinski definition) is 0. The first-order chi connectivity index (χ1) is 16.8. The molecule has 1 amide bonds. The molecule has 0 aliphatic heterocycles. The molecule has 0 saturated carbocycles. The molecule has 0 atom stereocenters. The van der Waals surface area contributed by atoms with Gasteiger partial charge in [-0.25, -0.2) is 8.42 Å². The van der Waals surface area contributed by atoms with E-state index in [2.05, 4.69) is 0 Å². The van der Waals surface area contributed by atoms with Gasteiger partial charge < -0.3 is 9.64 Å². The van der Waals surface area contributed by atoms with E-state index < -0.39 is 33.1 Å². The second-order valence-corrected chi connectivity index (χ2v) is 9.50. The fraction of sp³-hybridized carbons (Fsp3) is 0.240. The number of carbonyl (C=O) groups is 1. The van der Waals surface area contributed by atoms with Gasteiger partial charge in [0.25, 0.3) is 5.91 Å². The number of anilines is 1. The van der Waals surface area contributed by atoms with E-state index in [0.717, 1.165) is 11.6 Å². The molecule has 0 spiro atoms. The monoisotopic (exact) mass is 497 g/mol. The van der Waals surface area contributed by atoms with Crippen molar-refractivity contribution < 1.29 is 22.9 Å². The summed E-state index contributed by atoms with van der Waals surface area (Å²) in [4.78, 5) is 25.4. The van der Waals surface area contributed by atoms with Crippen molar-refractivity contribution in [2.24, 2.45) is 0 Å². The van der Waals surface area contributed by atoms with Crippen LogP contribution in [-0.2, 0) is 21.4 Å². The van der Waals surface area contributed by atoms with Crippen LogP contribution in [-0.4, -0.2) is 43.2 Å². The SMILES string of the molecule is CCN(CC)S(=O)(=O)c1ccc(OCC(=O)N(Cc2ccccc2)c2ccccc2)c([N+](=O)[O-])c1. The van der Waals surface area contributed by atoms with Crippen LogP contribution in [0, 0.1) is 10.1 Å². The predicted molar refractivity (Wildman–Crippen MR) is 133 cm³/mol. The minimum Gasteiger partial charge on any atom is -0.477 e. The van der Waals surface area contributed by atoms with Crippen molar-refractivity contribution in [2.45, 2.75) is 25.3 Å². The van der Waals surface area contributed by atoms with Gasteiger partial charge in [-0.3, -0.25) is 14.9 Å². The van der Waals surface area contributed by atoms with Gasteiger partial charge in [0.2, 0.25) is 10.0 Å². The lowest BCUT2D eigenvalue weighted by Gasteiger charge is -2.23. The topological polar surface area (TPSA) is 110 Å². The maximum absolute atomic E-state index is 13.1. The van der Waals surface area contributed by atoms with Gasteiger partial charge in [-0.05, 0) is 29.8 Å². The molecule has 184 valence electrons. The Morgan fingerprint density at radius 3 is 2.11 bits per heavy atom. The van der Waals surface area contributed by atoms with Crippen LogP contribution in [0.15, 0.2) is 83.8 Å². The fourth-order valence-corrected chi connectivity index (χ4v) is 5.03. The second-order valence-electron chi connectivity index (χ2n) is 7.57. The number of benzene rings is 3. The van der Waals surface area contributed by atoms with Gasteiger partial charge in [0.05, 0.1) is 16.4 Å². The first-order valence-corrected chi connectivity index (χ1v) is 12.5.